The maximum absolute atomic E-state index is 11.5. The fourth-order valence-electron chi connectivity index (χ4n) is 2.04. The van der Waals surface area contributed by atoms with Gasteiger partial charge in [-0.3, -0.25) is 4.79 Å². The molecule has 5 heteroatoms. The molecule has 1 aliphatic rings. The highest BCUT2D eigenvalue weighted by Gasteiger charge is 2.51. The Bertz CT molecular complexity index is 533. The van der Waals surface area contributed by atoms with Crippen molar-refractivity contribution in [3.63, 3.8) is 0 Å². The molecule has 0 aliphatic carbocycles. The molecule has 2 rings (SSSR count). The topological polar surface area (TPSA) is 47.6 Å². The fourth-order valence-corrected chi connectivity index (χ4v) is 2.04. The molecule has 0 atom stereocenters. The molecular formula is C16H22BNO3. The molecule has 1 amide bonds. The zero-order chi connectivity index (χ0) is 15.7. The van der Waals surface area contributed by atoms with Gasteiger partial charge in [-0.05, 0) is 58.3 Å². The molecule has 0 saturated carbocycles. The second kappa shape index (κ2) is 5.66. The zero-order valence-corrected chi connectivity index (χ0v) is 13.3. The van der Waals surface area contributed by atoms with Crippen LogP contribution in [0, 0.1) is 0 Å². The number of anilines is 1. The highest BCUT2D eigenvalue weighted by Crippen LogP contribution is 2.36. The molecule has 1 aromatic rings. The third-order valence-electron chi connectivity index (χ3n) is 4.02. The first-order chi connectivity index (χ1) is 9.75. The van der Waals surface area contributed by atoms with Crippen molar-refractivity contribution in [1.29, 1.82) is 0 Å². The first-order valence-electron chi connectivity index (χ1n) is 7.14. The zero-order valence-electron chi connectivity index (χ0n) is 13.3. The molecule has 112 valence electrons. The summed E-state index contributed by atoms with van der Waals surface area (Å²) >= 11 is 0. The average Bonchev–Trinajstić information content (AvgIpc) is 2.59. The predicted octanol–water partition coefficient (Wildman–Crippen LogP) is 2.50. The number of nitrogens with one attached hydrogen (secondary N) is 1. The van der Waals surface area contributed by atoms with Crippen LogP contribution in [0.4, 0.5) is 5.69 Å². The van der Waals surface area contributed by atoms with Gasteiger partial charge in [0.25, 0.3) is 0 Å². The van der Waals surface area contributed by atoms with Crippen LogP contribution < -0.4 is 10.8 Å². The van der Waals surface area contributed by atoms with Gasteiger partial charge in [0.2, 0.25) is 5.91 Å². The first-order valence-corrected chi connectivity index (χ1v) is 7.14. The number of rotatable bonds is 3. The normalized spacial score (nSPS) is 20.0. The molecule has 1 aliphatic heterocycles. The van der Waals surface area contributed by atoms with E-state index < -0.39 is 0 Å². The van der Waals surface area contributed by atoms with Gasteiger partial charge in [0, 0.05) is 5.69 Å². The van der Waals surface area contributed by atoms with Crippen LogP contribution in [-0.4, -0.2) is 24.2 Å². The van der Waals surface area contributed by atoms with Crippen LogP contribution in [0.3, 0.4) is 0 Å². The largest absolute Gasteiger partial charge is 0.494 e. The molecule has 0 unspecified atom stereocenters. The third kappa shape index (κ3) is 3.36. The van der Waals surface area contributed by atoms with Gasteiger partial charge in [-0.25, -0.2) is 0 Å². The number of allylic oxidation sites excluding steroid dienone is 1. The second-order valence-electron chi connectivity index (χ2n) is 6.20. The van der Waals surface area contributed by atoms with Crippen molar-refractivity contribution in [1.82, 2.24) is 0 Å². The summed E-state index contributed by atoms with van der Waals surface area (Å²) < 4.78 is 12.0. The molecular weight excluding hydrogens is 265 g/mol. The van der Waals surface area contributed by atoms with Crippen LogP contribution in [0.1, 0.15) is 34.6 Å². The van der Waals surface area contributed by atoms with E-state index in [4.69, 9.17) is 9.31 Å². The Morgan fingerprint density at radius 1 is 1.10 bits per heavy atom. The highest BCUT2D eigenvalue weighted by molar-refractivity contribution is 6.62. The van der Waals surface area contributed by atoms with E-state index in [0.29, 0.717) is 0 Å². The van der Waals surface area contributed by atoms with E-state index in [1.807, 2.05) is 52.0 Å². The number of hydrogen-bond acceptors (Lipinski definition) is 3. The summed E-state index contributed by atoms with van der Waals surface area (Å²) in [6.07, 6.45) is 3.19. The van der Waals surface area contributed by atoms with Crippen LogP contribution in [-0.2, 0) is 14.1 Å². The van der Waals surface area contributed by atoms with Gasteiger partial charge in [-0.1, -0.05) is 18.2 Å². The predicted molar refractivity (Wildman–Crippen MR) is 85.6 cm³/mol. The SMILES string of the molecule is C/C=C/C(=O)Nc1ccc(B2OC(C)(C)C(C)(C)O2)cc1. The minimum atomic E-state index is -0.379. The number of carbonyl (C=O) groups excluding carboxylic acids is 1. The Morgan fingerprint density at radius 2 is 1.62 bits per heavy atom. The summed E-state index contributed by atoms with van der Waals surface area (Å²) in [7, 11) is -0.379. The first kappa shape index (κ1) is 15.8. The Morgan fingerprint density at radius 3 is 2.10 bits per heavy atom. The molecule has 1 N–H and O–H groups in total. The van der Waals surface area contributed by atoms with Gasteiger partial charge >= 0.3 is 7.12 Å². The van der Waals surface area contributed by atoms with Crippen molar-refractivity contribution in [3.05, 3.63) is 36.4 Å². The van der Waals surface area contributed by atoms with E-state index in [1.165, 1.54) is 6.08 Å². The van der Waals surface area contributed by atoms with Gasteiger partial charge in [0.05, 0.1) is 11.2 Å². The Labute approximate surface area is 126 Å². The van der Waals surface area contributed by atoms with E-state index in [2.05, 4.69) is 5.32 Å². The lowest BCUT2D eigenvalue weighted by atomic mass is 9.79. The van der Waals surface area contributed by atoms with Gasteiger partial charge in [-0.2, -0.15) is 0 Å². The summed E-state index contributed by atoms with van der Waals surface area (Å²) in [6, 6.07) is 7.52. The molecule has 0 spiro atoms. The molecule has 1 heterocycles. The summed E-state index contributed by atoms with van der Waals surface area (Å²) in [5.74, 6) is -0.138. The van der Waals surface area contributed by atoms with Crippen LogP contribution in [0.15, 0.2) is 36.4 Å². The van der Waals surface area contributed by atoms with Crippen molar-refractivity contribution in [2.75, 3.05) is 5.32 Å². The van der Waals surface area contributed by atoms with Crippen LogP contribution in [0.2, 0.25) is 0 Å². The molecule has 1 fully saturated rings. The monoisotopic (exact) mass is 287 g/mol. The van der Waals surface area contributed by atoms with Crippen molar-refractivity contribution in [3.8, 4) is 0 Å². The molecule has 4 nitrogen and oxygen atoms in total. The minimum absolute atomic E-state index is 0.138. The summed E-state index contributed by atoms with van der Waals surface area (Å²) in [6.45, 7) is 9.91. The fraction of sp³-hybridized carbons (Fsp3) is 0.438. The standard InChI is InChI=1S/C16H22BNO3/c1-6-7-14(19)18-13-10-8-12(9-11-13)17-20-15(2,3)16(4,5)21-17/h6-11H,1-5H3,(H,18,19)/b7-6+. The van der Waals surface area contributed by atoms with Crippen molar-refractivity contribution < 1.29 is 14.1 Å². The number of carbonyl (C=O) groups is 1. The van der Waals surface area contributed by atoms with Gasteiger partial charge in [0.15, 0.2) is 0 Å². The summed E-state index contributed by atoms with van der Waals surface area (Å²) in [5.41, 5.74) is 0.989. The van der Waals surface area contributed by atoms with Gasteiger partial charge in [0.1, 0.15) is 0 Å². The summed E-state index contributed by atoms with van der Waals surface area (Å²) in [4.78, 5) is 11.5. The maximum atomic E-state index is 11.5. The quantitative estimate of drug-likeness (QED) is 0.686. The van der Waals surface area contributed by atoms with Gasteiger partial charge < -0.3 is 14.6 Å². The summed E-state index contributed by atoms with van der Waals surface area (Å²) in [5, 5.41) is 2.79. The Hall–Kier alpha value is -1.59. The smallest absolute Gasteiger partial charge is 0.399 e. The van der Waals surface area contributed by atoms with E-state index >= 15 is 0 Å². The van der Waals surface area contributed by atoms with E-state index in [-0.39, 0.29) is 24.2 Å². The molecule has 1 aromatic carbocycles. The number of benzene rings is 1. The molecule has 21 heavy (non-hydrogen) atoms. The van der Waals surface area contributed by atoms with Crippen molar-refractivity contribution in [2.24, 2.45) is 0 Å². The third-order valence-corrected chi connectivity index (χ3v) is 4.02. The molecule has 0 radical (unpaired) electrons. The lowest BCUT2D eigenvalue weighted by Crippen LogP contribution is -2.41. The Kier molecular flexibility index (Phi) is 4.26. The second-order valence-corrected chi connectivity index (χ2v) is 6.20. The number of amides is 1. The van der Waals surface area contributed by atoms with E-state index in [9.17, 15) is 4.79 Å². The maximum Gasteiger partial charge on any atom is 0.494 e. The van der Waals surface area contributed by atoms with Crippen LogP contribution >= 0.6 is 0 Å². The molecule has 0 bridgehead atoms. The lowest BCUT2D eigenvalue weighted by molar-refractivity contribution is -0.111. The van der Waals surface area contributed by atoms with Crippen LogP contribution in [0.25, 0.3) is 0 Å². The average molecular weight is 287 g/mol. The molecule has 0 aromatic heterocycles. The van der Waals surface area contributed by atoms with Crippen molar-refractivity contribution in [2.45, 2.75) is 45.8 Å². The minimum Gasteiger partial charge on any atom is -0.399 e. The van der Waals surface area contributed by atoms with Gasteiger partial charge in [-0.15, -0.1) is 0 Å². The molecule has 1 saturated heterocycles. The highest BCUT2D eigenvalue weighted by atomic mass is 16.7. The van der Waals surface area contributed by atoms with E-state index in [0.717, 1.165) is 11.2 Å². The number of hydrogen-bond donors (Lipinski definition) is 1. The Balaban J connectivity index is 2.09. The van der Waals surface area contributed by atoms with E-state index in [1.54, 1.807) is 13.0 Å². The lowest BCUT2D eigenvalue weighted by Gasteiger charge is -2.32. The van der Waals surface area contributed by atoms with Crippen LogP contribution in [0.5, 0.6) is 0 Å². The van der Waals surface area contributed by atoms with Crippen molar-refractivity contribution >= 4 is 24.2 Å².